The van der Waals surface area contributed by atoms with E-state index in [0.29, 0.717) is 5.41 Å². The Kier molecular flexibility index (Phi) is 4.92. The van der Waals surface area contributed by atoms with Crippen LogP contribution in [0.4, 0.5) is 0 Å². The van der Waals surface area contributed by atoms with Crippen LogP contribution in [0.5, 0.6) is 0 Å². The molecule has 2 heteroatoms. The lowest BCUT2D eigenvalue weighted by atomic mass is 9.78. The molecule has 1 aliphatic carbocycles. The zero-order chi connectivity index (χ0) is 8.74. The highest BCUT2D eigenvalue weighted by Crippen LogP contribution is 2.34. The molecule has 1 rings (SSSR count). The van der Waals surface area contributed by atoms with E-state index in [0.717, 1.165) is 6.34 Å². The first kappa shape index (κ1) is 10.5. The molecule has 0 unspecified atom stereocenters. The SMILES string of the molecule is CC1(C)CCCCC1.N=CN. The van der Waals surface area contributed by atoms with E-state index in [2.05, 4.69) is 19.6 Å². The van der Waals surface area contributed by atoms with Crippen LogP contribution in [0.15, 0.2) is 0 Å². The van der Waals surface area contributed by atoms with Gasteiger partial charge in [-0.1, -0.05) is 33.1 Å². The van der Waals surface area contributed by atoms with Crippen molar-refractivity contribution in [1.29, 1.82) is 5.41 Å². The molecule has 0 aromatic heterocycles. The van der Waals surface area contributed by atoms with Gasteiger partial charge in [-0.05, 0) is 18.3 Å². The van der Waals surface area contributed by atoms with Crippen molar-refractivity contribution in [1.82, 2.24) is 0 Å². The summed E-state index contributed by atoms with van der Waals surface area (Å²) >= 11 is 0. The summed E-state index contributed by atoms with van der Waals surface area (Å²) in [6.45, 7) is 4.76. The third kappa shape index (κ3) is 5.89. The zero-order valence-corrected chi connectivity index (χ0v) is 7.69. The van der Waals surface area contributed by atoms with Crippen molar-refractivity contribution in [2.45, 2.75) is 46.0 Å². The largest absolute Gasteiger partial charge is 0.390 e. The van der Waals surface area contributed by atoms with Gasteiger partial charge in [-0.15, -0.1) is 0 Å². The van der Waals surface area contributed by atoms with E-state index in [1.165, 1.54) is 32.1 Å². The molecule has 1 fully saturated rings. The first-order valence-electron chi connectivity index (χ1n) is 4.33. The standard InChI is InChI=1S/C8H16.CH4N2/c1-8(2)6-4-3-5-7-8;2-1-3/h3-7H2,1-2H3;1H,(H3,2,3). The van der Waals surface area contributed by atoms with Crippen LogP contribution in [0.1, 0.15) is 46.0 Å². The van der Waals surface area contributed by atoms with Gasteiger partial charge in [-0.2, -0.15) is 0 Å². The number of rotatable bonds is 0. The van der Waals surface area contributed by atoms with Crippen LogP contribution < -0.4 is 5.73 Å². The van der Waals surface area contributed by atoms with E-state index >= 15 is 0 Å². The van der Waals surface area contributed by atoms with Crippen molar-refractivity contribution < 1.29 is 0 Å². The Morgan fingerprint density at radius 3 is 1.73 bits per heavy atom. The summed E-state index contributed by atoms with van der Waals surface area (Å²) in [7, 11) is 0. The van der Waals surface area contributed by atoms with Gasteiger partial charge in [0.05, 0.1) is 6.34 Å². The number of hydrogen-bond donors (Lipinski definition) is 2. The van der Waals surface area contributed by atoms with Crippen LogP contribution in [-0.2, 0) is 0 Å². The molecule has 0 bridgehead atoms. The lowest BCUT2D eigenvalue weighted by Crippen LogP contribution is -2.14. The number of hydrogen-bond acceptors (Lipinski definition) is 1. The summed E-state index contributed by atoms with van der Waals surface area (Å²) in [6.07, 6.45) is 8.06. The highest BCUT2D eigenvalue weighted by Gasteiger charge is 2.19. The second-order valence-electron chi connectivity index (χ2n) is 3.89. The molecule has 3 N–H and O–H groups in total. The maximum absolute atomic E-state index is 5.86. The van der Waals surface area contributed by atoms with E-state index in [-0.39, 0.29) is 0 Å². The molecule has 0 saturated heterocycles. The van der Waals surface area contributed by atoms with Crippen LogP contribution >= 0.6 is 0 Å². The zero-order valence-electron chi connectivity index (χ0n) is 7.69. The van der Waals surface area contributed by atoms with Crippen LogP contribution in [-0.4, -0.2) is 6.34 Å². The van der Waals surface area contributed by atoms with Crippen LogP contribution in [0.3, 0.4) is 0 Å². The Labute approximate surface area is 69.7 Å². The van der Waals surface area contributed by atoms with Gasteiger partial charge in [0.2, 0.25) is 0 Å². The fourth-order valence-corrected chi connectivity index (χ4v) is 1.51. The van der Waals surface area contributed by atoms with Gasteiger partial charge < -0.3 is 5.73 Å². The molecule has 2 nitrogen and oxygen atoms in total. The van der Waals surface area contributed by atoms with Crippen molar-refractivity contribution in [3.05, 3.63) is 0 Å². The molecular weight excluding hydrogens is 136 g/mol. The molecule has 66 valence electrons. The van der Waals surface area contributed by atoms with Gasteiger partial charge in [-0.3, -0.25) is 5.41 Å². The minimum absolute atomic E-state index is 0.679. The van der Waals surface area contributed by atoms with Gasteiger partial charge >= 0.3 is 0 Å². The maximum Gasteiger partial charge on any atom is 0.0765 e. The Bertz CT molecular complexity index is 100. The number of nitrogens with one attached hydrogen (secondary N) is 1. The Morgan fingerprint density at radius 2 is 1.55 bits per heavy atom. The van der Waals surface area contributed by atoms with Crippen molar-refractivity contribution >= 4 is 6.34 Å². The van der Waals surface area contributed by atoms with Gasteiger partial charge in [0.25, 0.3) is 0 Å². The minimum atomic E-state index is 0.679. The topological polar surface area (TPSA) is 49.9 Å². The summed E-state index contributed by atoms with van der Waals surface area (Å²) in [4.78, 5) is 0. The molecule has 0 heterocycles. The minimum Gasteiger partial charge on any atom is -0.390 e. The fourth-order valence-electron chi connectivity index (χ4n) is 1.51. The third-order valence-corrected chi connectivity index (χ3v) is 2.21. The Hall–Kier alpha value is -0.530. The van der Waals surface area contributed by atoms with Crippen LogP contribution in [0.2, 0.25) is 0 Å². The average Bonchev–Trinajstić information content (AvgIpc) is 1.88. The molecule has 0 amide bonds. The van der Waals surface area contributed by atoms with Crippen LogP contribution in [0.25, 0.3) is 0 Å². The predicted octanol–water partition coefficient (Wildman–Crippen LogP) is 2.53. The first-order valence-corrected chi connectivity index (χ1v) is 4.33. The molecule has 0 aromatic rings. The highest BCUT2D eigenvalue weighted by molar-refractivity contribution is 5.46. The molecule has 0 radical (unpaired) electrons. The van der Waals surface area contributed by atoms with Gasteiger partial charge in [0.1, 0.15) is 0 Å². The average molecular weight is 156 g/mol. The van der Waals surface area contributed by atoms with E-state index < -0.39 is 0 Å². The summed E-state index contributed by atoms with van der Waals surface area (Å²) < 4.78 is 0. The smallest absolute Gasteiger partial charge is 0.0765 e. The van der Waals surface area contributed by atoms with E-state index in [1.54, 1.807) is 0 Å². The Balaban J connectivity index is 0.000000292. The Morgan fingerprint density at radius 1 is 1.18 bits per heavy atom. The molecule has 11 heavy (non-hydrogen) atoms. The molecular formula is C9H20N2. The lowest BCUT2D eigenvalue weighted by Gasteiger charge is -2.28. The van der Waals surface area contributed by atoms with Gasteiger partial charge in [0.15, 0.2) is 0 Å². The summed E-state index contributed by atoms with van der Waals surface area (Å²) in [5.74, 6) is 0. The molecule has 0 aliphatic heterocycles. The molecule has 0 aromatic carbocycles. The summed E-state index contributed by atoms with van der Waals surface area (Å²) in [5, 5.41) is 5.86. The predicted molar refractivity (Wildman–Crippen MR) is 49.8 cm³/mol. The monoisotopic (exact) mass is 156 g/mol. The van der Waals surface area contributed by atoms with Crippen molar-refractivity contribution in [2.24, 2.45) is 11.1 Å². The van der Waals surface area contributed by atoms with Crippen molar-refractivity contribution in [3.63, 3.8) is 0 Å². The second-order valence-corrected chi connectivity index (χ2v) is 3.89. The van der Waals surface area contributed by atoms with Gasteiger partial charge in [-0.25, -0.2) is 0 Å². The summed E-state index contributed by atoms with van der Waals surface area (Å²) in [6, 6.07) is 0. The molecule has 0 spiro atoms. The van der Waals surface area contributed by atoms with E-state index in [9.17, 15) is 0 Å². The normalized spacial score (nSPS) is 21.3. The maximum atomic E-state index is 5.86. The van der Waals surface area contributed by atoms with Crippen molar-refractivity contribution in [2.75, 3.05) is 0 Å². The second kappa shape index (κ2) is 5.16. The first-order chi connectivity index (χ1) is 5.12. The molecule has 1 aliphatic rings. The lowest BCUT2D eigenvalue weighted by molar-refractivity contribution is 0.244. The quantitative estimate of drug-likeness (QED) is 0.411. The van der Waals surface area contributed by atoms with E-state index in [4.69, 9.17) is 5.41 Å². The fraction of sp³-hybridized carbons (Fsp3) is 0.889. The molecule has 0 atom stereocenters. The highest BCUT2D eigenvalue weighted by atomic mass is 14.6. The molecule has 1 saturated carbocycles. The summed E-state index contributed by atoms with van der Waals surface area (Å²) in [5.41, 5.74) is 5.07. The van der Waals surface area contributed by atoms with Gasteiger partial charge in [0, 0.05) is 0 Å². The van der Waals surface area contributed by atoms with Crippen molar-refractivity contribution in [3.8, 4) is 0 Å². The van der Waals surface area contributed by atoms with E-state index in [1.807, 2.05) is 0 Å². The number of nitrogens with two attached hydrogens (primary N) is 1. The van der Waals surface area contributed by atoms with Crippen LogP contribution in [0, 0.1) is 10.8 Å². The third-order valence-electron chi connectivity index (χ3n) is 2.21.